The van der Waals surface area contributed by atoms with E-state index in [0.29, 0.717) is 16.8 Å². The Morgan fingerprint density at radius 2 is 1.86 bits per heavy atom. The molecule has 0 fully saturated rings. The third kappa shape index (κ3) is 2.84. The zero-order chi connectivity index (χ0) is 15.7. The van der Waals surface area contributed by atoms with Crippen molar-refractivity contribution in [2.45, 2.75) is 11.8 Å². The van der Waals surface area contributed by atoms with Gasteiger partial charge in [0.2, 0.25) is 0 Å². The molecule has 0 radical (unpaired) electrons. The standard InChI is InChI=1S/C16H13BrN2O2S/c1-11-7-8-13(17)10-15(11)22(20,21)19-14-6-2-4-12-5-3-9-18-16(12)14/h2-10,19H,1H3. The van der Waals surface area contributed by atoms with E-state index in [1.165, 1.54) is 0 Å². The van der Waals surface area contributed by atoms with Crippen molar-refractivity contribution in [3.63, 3.8) is 0 Å². The normalized spacial score (nSPS) is 11.5. The minimum absolute atomic E-state index is 0.245. The first-order valence-electron chi connectivity index (χ1n) is 6.60. The number of aromatic nitrogens is 1. The maximum atomic E-state index is 12.7. The molecule has 0 aliphatic heterocycles. The van der Waals surface area contributed by atoms with E-state index in [9.17, 15) is 8.42 Å². The molecule has 112 valence electrons. The van der Waals surface area contributed by atoms with E-state index in [1.54, 1.807) is 37.4 Å². The Kier molecular flexibility index (Phi) is 3.88. The van der Waals surface area contributed by atoms with Crippen LogP contribution in [0.25, 0.3) is 10.9 Å². The summed E-state index contributed by atoms with van der Waals surface area (Å²) in [5.41, 5.74) is 1.78. The van der Waals surface area contributed by atoms with Crippen molar-refractivity contribution in [2.24, 2.45) is 0 Å². The minimum atomic E-state index is -3.68. The summed E-state index contributed by atoms with van der Waals surface area (Å²) in [4.78, 5) is 4.51. The fourth-order valence-corrected chi connectivity index (χ4v) is 4.10. The molecule has 0 bridgehead atoms. The largest absolute Gasteiger partial charge is 0.277 e. The Morgan fingerprint density at radius 3 is 2.68 bits per heavy atom. The summed E-state index contributed by atoms with van der Waals surface area (Å²) in [5.74, 6) is 0. The second kappa shape index (κ2) is 5.70. The van der Waals surface area contributed by atoms with E-state index in [2.05, 4.69) is 25.6 Å². The zero-order valence-electron chi connectivity index (χ0n) is 11.7. The summed E-state index contributed by atoms with van der Waals surface area (Å²) < 4.78 is 28.7. The molecule has 0 aliphatic rings. The topological polar surface area (TPSA) is 59.1 Å². The molecule has 4 nitrogen and oxygen atoms in total. The first-order valence-corrected chi connectivity index (χ1v) is 8.88. The maximum absolute atomic E-state index is 12.7. The average Bonchev–Trinajstić information content (AvgIpc) is 2.50. The zero-order valence-corrected chi connectivity index (χ0v) is 14.1. The molecule has 0 saturated heterocycles. The number of halogens is 1. The van der Waals surface area contributed by atoms with Crippen LogP contribution in [-0.2, 0) is 10.0 Å². The molecular formula is C16H13BrN2O2S. The highest BCUT2D eigenvalue weighted by Crippen LogP contribution is 2.26. The summed E-state index contributed by atoms with van der Waals surface area (Å²) in [6.45, 7) is 1.77. The van der Waals surface area contributed by atoms with E-state index in [0.717, 1.165) is 9.86 Å². The number of para-hydroxylation sites is 1. The molecule has 22 heavy (non-hydrogen) atoms. The molecule has 3 rings (SSSR count). The van der Waals surface area contributed by atoms with Crippen molar-refractivity contribution >= 4 is 42.5 Å². The van der Waals surface area contributed by atoms with Crippen LogP contribution in [0.4, 0.5) is 5.69 Å². The number of nitrogens with zero attached hydrogens (tertiary/aromatic N) is 1. The molecule has 0 unspecified atom stereocenters. The number of nitrogens with one attached hydrogen (secondary N) is 1. The molecule has 2 aromatic carbocycles. The van der Waals surface area contributed by atoms with Gasteiger partial charge in [0.1, 0.15) is 0 Å². The molecule has 3 aromatic rings. The number of pyridine rings is 1. The van der Waals surface area contributed by atoms with Gasteiger partial charge in [0.25, 0.3) is 10.0 Å². The van der Waals surface area contributed by atoms with Crippen molar-refractivity contribution in [1.29, 1.82) is 0 Å². The van der Waals surface area contributed by atoms with Gasteiger partial charge in [0, 0.05) is 16.1 Å². The average molecular weight is 377 g/mol. The van der Waals surface area contributed by atoms with Crippen LogP contribution >= 0.6 is 15.9 Å². The lowest BCUT2D eigenvalue weighted by molar-refractivity contribution is 0.600. The molecule has 0 amide bonds. The van der Waals surface area contributed by atoms with E-state index in [4.69, 9.17) is 0 Å². The molecule has 1 heterocycles. The lowest BCUT2D eigenvalue weighted by Gasteiger charge is -2.12. The van der Waals surface area contributed by atoms with Gasteiger partial charge in [-0.3, -0.25) is 9.71 Å². The minimum Gasteiger partial charge on any atom is -0.277 e. The first kappa shape index (κ1) is 15.0. The van der Waals surface area contributed by atoms with Gasteiger partial charge in [-0.25, -0.2) is 8.42 Å². The van der Waals surface area contributed by atoms with Crippen molar-refractivity contribution < 1.29 is 8.42 Å². The number of benzene rings is 2. The van der Waals surface area contributed by atoms with Crippen LogP contribution in [0.5, 0.6) is 0 Å². The van der Waals surface area contributed by atoms with E-state index in [1.807, 2.05) is 24.3 Å². The molecule has 0 spiro atoms. The third-order valence-corrected chi connectivity index (χ3v) is 5.32. The van der Waals surface area contributed by atoms with Gasteiger partial charge in [0.15, 0.2) is 0 Å². The van der Waals surface area contributed by atoms with Crippen molar-refractivity contribution in [3.05, 3.63) is 64.8 Å². The van der Waals surface area contributed by atoms with Gasteiger partial charge in [0.05, 0.1) is 16.1 Å². The van der Waals surface area contributed by atoms with Crippen LogP contribution in [-0.4, -0.2) is 13.4 Å². The van der Waals surface area contributed by atoms with E-state index >= 15 is 0 Å². The van der Waals surface area contributed by atoms with Gasteiger partial charge < -0.3 is 0 Å². The van der Waals surface area contributed by atoms with Crippen LogP contribution in [0.15, 0.2) is 64.1 Å². The monoisotopic (exact) mass is 376 g/mol. The second-order valence-electron chi connectivity index (χ2n) is 4.90. The quantitative estimate of drug-likeness (QED) is 0.748. The summed E-state index contributed by atoms with van der Waals surface area (Å²) in [6, 6.07) is 14.3. The van der Waals surface area contributed by atoms with Crippen molar-refractivity contribution in [1.82, 2.24) is 4.98 Å². The van der Waals surface area contributed by atoms with E-state index < -0.39 is 10.0 Å². The molecule has 1 N–H and O–H groups in total. The SMILES string of the molecule is Cc1ccc(Br)cc1S(=O)(=O)Nc1cccc2cccnc12. The second-order valence-corrected chi connectivity index (χ2v) is 7.46. The summed E-state index contributed by atoms with van der Waals surface area (Å²) >= 11 is 3.31. The van der Waals surface area contributed by atoms with Gasteiger partial charge in [-0.15, -0.1) is 0 Å². The van der Waals surface area contributed by atoms with Crippen molar-refractivity contribution in [2.75, 3.05) is 4.72 Å². The van der Waals surface area contributed by atoms with Crippen LogP contribution in [0.1, 0.15) is 5.56 Å². The third-order valence-electron chi connectivity index (χ3n) is 3.32. The lowest BCUT2D eigenvalue weighted by atomic mass is 10.2. The van der Waals surface area contributed by atoms with Gasteiger partial charge in [-0.05, 0) is 36.8 Å². The van der Waals surface area contributed by atoms with Crippen LogP contribution in [0.3, 0.4) is 0 Å². The van der Waals surface area contributed by atoms with Crippen LogP contribution < -0.4 is 4.72 Å². The lowest BCUT2D eigenvalue weighted by Crippen LogP contribution is -2.14. The van der Waals surface area contributed by atoms with Gasteiger partial charge in [-0.1, -0.05) is 40.2 Å². The molecule has 0 saturated carbocycles. The number of hydrogen-bond donors (Lipinski definition) is 1. The Hall–Kier alpha value is -1.92. The highest BCUT2D eigenvalue weighted by atomic mass is 79.9. The Labute approximate surface area is 137 Å². The number of fused-ring (bicyclic) bond motifs is 1. The Morgan fingerprint density at radius 1 is 1.09 bits per heavy atom. The first-order chi connectivity index (χ1) is 10.5. The summed E-state index contributed by atoms with van der Waals surface area (Å²) in [5, 5.41) is 0.883. The summed E-state index contributed by atoms with van der Waals surface area (Å²) in [7, 11) is -3.68. The highest BCUT2D eigenvalue weighted by molar-refractivity contribution is 9.10. The number of rotatable bonds is 3. The van der Waals surface area contributed by atoms with Gasteiger partial charge >= 0.3 is 0 Å². The Bertz CT molecular complexity index is 950. The molecule has 0 atom stereocenters. The molecule has 6 heteroatoms. The molecule has 0 aliphatic carbocycles. The predicted octanol–water partition coefficient (Wildman–Crippen LogP) is 4.11. The van der Waals surface area contributed by atoms with Crippen LogP contribution in [0, 0.1) is 6.92 Å². The maximum Gasteiger partial charge on any atom is 0.262 e. The van der Waals surface area contributed by atoms with Gasteiger partial charge in [-0.2, -0.15) is 0 Å². The summed E-state index contributed by atoms with van der Waals surface area (Å²) in [6.07, 6.45) is 1.64. The fraction of sp³-hybridized carbons (Fsp3) is 0.0625. The Balaban J connectivity index is 2.09. The van der Waals surface area contributed by atoms with E-state index in [-0.39, 0.29) is 4.90 Å². The number of anilines is 1. The number of sulfonamides is 1. The number of aryl methyl sites for hydroxylation is 1. The predicted molar refractivity (Wildman–Crippen MR) is 91.4 cm³/mol. The van der Waals surface area contributed by atoms with Crippen molar-refractivity contribution in [3.8, 4) is 0 Å². The molecular weight excluding hydrogens is 364 g/mol. The fourth-order valence-electron chi connectivity index (χ4n) is 2.25. The van der Waals surface area contributed by atoms with Crippen LogP contribution in [0.2, 0.25) is 0 Å². The molecule has 1 aromatic heterocycles. The smallest absolute Gasteiger partial charge is 0.262 e. The highest BCUT2D eigenvalue weighted by Gasteiger charge is 2.18. The number of hydrogen-bond acceptors (Lipinski definition) is 3.